The second kappa shape index (κ2) is 6.89. The number of aromatic hydroxyl groups is 1. The molecule has 0 aliphatic carbocycles. The molecule has 0 bridgehead atoms. The van der Waals surface area contributed by atoms with Gasteiger partial charge in [0.05, 0.1) is 16.1 Å². The van der Waals surface area contributed by atoms with Crippen molar-refractivity contribution < 1.29 is 9.90 Å². The van der Waals surface area contributed by atoms with Gasteiger partial charge in [0, 0.05) is 25.2 Å². The van der Waals surface area contributed by atoms with Crippen LogP contribution in [0.3, 0.4) is 0 Å². The molecular formula is C18H10Cl2N2O2S2. The zero-order chi connectivity index (χ0) is 18.3. The molecule has 2 aromatic carbocycles. The van der Waals surface area contributed by atoms with Crippen molar-refractivity contribution in [2.45, 2.75) is 0 Å². The first kappa shape index (κ1) is 17.3. The van der Waals surface area contributed by atoms with Crippen molar-refractivity contribution in [3.8, 4) is 5.75 Å². The number of halogens is 2. The number of nitrogens with zero attached hydrogens (tertiary/aromatic N) is 1. The summed E-state index contributed by atoms with van der Waals surface area (Å²) in [5.74, 6) is -0.262. The second-order valence-corrected chi connectivity index (χ2v) is 8.35. The van der Waals surface area contributed by atoms with Crippen molar-refractivity contribution in [3.05, 3.63) is 62.3 Å². The van der Waals surface area contributed by atoms with E-state index in [1.165, 1.54) is 28.9 Å². The number of amides is 1. The summed E-state index contributed by atoms with van der Waals surface area (Å²) in [6.07, 6.45) is 1.43. The summed E-state index contributed by atoms with van der Waals surface area (Å²) in [5.41, 5.74) is 2.45. The van der Waals surface area contributed by atoms with Crippen molar-refractivity contribution in [3.63, 3.8) is 0 Å². The summed E-state index contributed by atoms with van der Waals surface area (Å²) in [6, 6.07) is 12.8. The number of hydrazone groups is 1. The van der Waals surface area contributed by atoms with Gasteiger partial charge in [-0.3, -0.25) is 4.79 Å². The minimum atomic E-state index is -0.413. The molecule has 0 saturated heterocycles. The van der Waals surface area contributed by atoms with E-state index < -0.39 is 5.91 Å². The topological polar surface area (TPSA) is 61.7 Å². The van der Waals surface area contributed by atoms with Crippen LogP contribution < -0.4 is 5.43 Å². The molecule has 0 saturated carbocycles. The number of carbonyl (C=O) groups is 1. The number of fused-ring (bicyclic) bond motifs is 2. The van der Waals surface area contributed by atoms with Crippen LogP contribution in [0.5, 0.6) is 5.75 Å². The predicted octanol–water partition coefficient (Wildman–Crippen LogP) is 5.89. The fraction of sp³-hybridized carbons (Fsp3) is 0. The summed E-state index contributed by atoms with van der Waals surface area (Å²) in [4.78, 5) is 13.3. The summed E-state index contributed by atoms with van der Waals surface area (Å²) in [7, 11) is 0. The van der Waals surface area contributed by atoms with E-state index >= 15 is 0 Å². The summed E-state index contributed by atoms with van der Waals surface area (Å²) in [5, 5.41) is 16.7. The summed E-state index contributed by atoms with van der Waals surface area (Å²) >= 11 is 14.9. The number of thiophene rings is 2. The molecule has 8 heteroatoms. The maximum Gasteiger partial charge on any atom is 0.283 e. The highest BCUT2D eigenvalue weighted by molar-refractivity contribution is 7.21. The second-order valence-electron chi connectivity index (χ2n) is 5.40. The Kier molecular flexibility index (Phi) is 4.58. The molecule has 130 valence electrons. The zero-order valence-corrected chi connectivity index (χ0v) is 16.1. The van der Waals surface area contributed by atoms with Gasteiger partial charge in [0.2, 0.25) is 0 Å². The molecule has 0 spiro atoms. The molecule has 2 N–H and O–H groups in total. The van der Waals surface area contributed by atoms with Gasteiger partial charge in [-0.25, -0.2) is 5.43 Å². The van der Waals surface area contributed by atoms with Crippen LogP contribution in [0.25, 0.3) is 20.2 Å². The van der Waals surface area contributed by atoms with E-state index in [1.54, 1.807) is 18.2 Å². The number of benzene rings is 2. The van der Waals surface area contributed by atoms with Crippen LogP contribution >= 0.6 is 45.9 Å². The van der Waals surface area contributed by atoms with E-state index in [2.05, 4.69) is 10.5 Å². The number of hydrogen-bond donors (Lipinski definition) is 2. The Morgan fingerprint density at radius 2 is 1.88 bits per heavy atom. The molecule has 4 aromatic rings. The Morgan fingerprint density at radius 3 is 2.69 bits per heavy atom. The lowest BCUT2D eigenvalue weighted by Gasteiger charge is -1.97. The van der Waals surface area contributed by atoms with E-state index in [-0.39, 0.29) is 5.75 Å². The van der Waals surface area contributed by atoms with Gasteiger partial charge < -0.3 is 5.11 Å². The van der Waals surface area contributed by atoms with Crippen molar-refractivity contribution in [2.24, 2.45) is 5.10 Å². The predicted molar refractivity (Wildman–Crippen MR) is 110 cm³/mol. The average molecular weight is 421 g/mol. The lowest BCUT2D eigenvalue weighted by molar-refractivity contribution is 0.0959. The number of nitrogens with one attached hydrogen (secondary N) is 1. The third-order valence-corrected chi connectivity index (χ3v) is 6.73. The molecule has 0 radical (unpaired) electrons. The van der Waals surface area contributed by atoms with Gasteiger partial charge in [-0.1, -0.05) is 41.4 Å². The van der Waals surface area contributed by atoms with Gasteiger partial charge in [0.1, 0.15) is 10.6 Å². The van der Waals surface area contributed by atoms with Crippen molar-refractivity contribution in [2.75, 3.05) is 0 Å². The Hall–Kier alpha value is -2.12. The first-order valence-corrected chi connectivity index (χ1v) is 9.85. The molecule has 4 rings (SSSR count). The third kappa shape index (κ3) is 3.05. The van der Waals surface area contributed by atoms with Gasteiger partial charge in [-0.2, -0.15) is 5.10 Å². The largest absolute Gasteiger partial charge is 0.506 e. The fourth-order valence-corrected chi connectivity index (χ4v) is 5.18. The lowest BCUT2D eigenvalue weighted by atomic mass is 10.2. The highest BCUT2D eigenvalue weighted by Crippen LogP contribution is 2.37. The van der Waals surface area contributed by atoms with Gasteiger partial charge in [0.15, 0.2) is 0 Å². The molecule has 0 aliphatic heterocycles. The number of carbonyl (C=O) groups excluding carboxylic acids is 1. The van der Waals surface area contributed by atoms with Crippen LogP contribution in [0.15, 0.2) is 47.6 Å². The SMILES string of the molecule is O=C(NN=Cc1sc2ccccc2c1O)c1sc2cc(Cl)ccc2c1Cl. The van der Waals surface area contributed by atoms with Gasteiger partial charge in [0.25, 0.3) is 5.91 Å². The highest BCUT2D eigenvalue weighted by Gasteiger charge is 2.17. The molecule has 4 nitrogen and oxygen atoms in total. The molecular weight excluding hydrogens is 411 g/mol. The standard InChI is InChI=1S/C18H10Cl2N2O2S2/c19-9-5-6-10-13(7-9)26-17(15(10)20)18(24)22-21-8-14-16(23)11-3-1-2-4-12(11)25-14/h1-8,23H,(H,22,24). The Balaban J connectivity index is 1.57. The average Bonchev–Trinajstić information content (AvgIpc) is 3.12. The quantitative estimate of drug-likeness (QED) is 0.320. The van der Waals surface area contributed by atoms with Crippen LogP contribution in [0.2, 0.25) is 10.0 Å². The molecule has 2 aromatic heterocycles. The Labute approximate surface area is 166 Å². The first-order valence-electron chi connectivity index (χ1n) is 7.46. The van der Waals surface area contributed by atoms with Crippen LogP contribution in [-0.4, -0.2) is 17.2 Å². The molecule has 0 fully saturated rings. The minimum absolute atomic E-state index is 0.151. The van der Waals surface area contributed by atoms with Crippen LogP contribution in [0, 0.1) is 0 Å². The molecule has 0 aliphatic rings. The monoisotopic (exact) mass is 420 g/mol. The fourth-order valence-electron chi connectivity index (χ4n) is 2.52. The lowest BCUT2D eigenvalue weighted by Crippen LogP contribution is -2.16. The van der Waals surface area contributed by atoms with Crippen LogP contribution in [0.4, 0.5) is 0 Å². The van der Waals surface area contributed by atoms with E-state index in [1.807, 2.05) is 24.3 Å². The molecule has 26 heavy (non-hydrogen) atoms. The zero-order valence-electron chi connectivity index (χ0n) is 13.0. The van der Waals surface area contributed by atoms with Crippen molar-refractivity contribution >= 4 is 78.2 Å². The smallest absolute Gasteiger partial charge is 0.283 e. The third-order valence-electron chi connectivity index (χ3n) is 3.74. The maximum atomic E-state index is 12.4. The molecule has 1 amide bonds. The van der Waals surface area contributed by atoms with Crippen molar-refractivity contribution in [1.82, 2.24) is 5.43 Å². The highest BCUT2D eigenvalue weighted by atomic mass is 35.5. The van der Waals surface area contributed by atoms with Gasteiger partial charge >= 0.3 is 0 Å². The molecule has 0 unspecified atom stereocenters. The molecule has 0 atom stereocenters. The molecule has 2 heterocycles. The van der Waals surface area contributed by atoms with Crippen LogP contribution in [0.1, 0.15) is 14.5 Å². The maximum absolute atomic E-state index is 12.4. The first-order chi connectivity index (χ1) is 12.5. The van der Waals surface area contributed by atoms with E-state index in [0.29, 0.717) is 19.8 Å². The summed E-state index contributed by atoms with van der Waals surface area (Å²) in [6.45, 7) is 0. The van der Waals surface area contributed by atoms with E-state index in [0.717, 1.165) is 20.2 Å². The Bertz CT molecular complexity index is 1180. The van der Waals surface area contributed by atoms with E-state index in [9.17, 15) is 9.90 Å². The number of hydrogen-bond acceptors (Lipinski definition) is 5. The van der Waals surface area contributed by atoms with Gasteiger partial charge in [-0.15, -0.1) is 22.7 Å². The van der Waals surface area contributed by atoms with Crippen LogP contribution in [-0.2, 0) is 0 Å². The van der Waals surface area contributed by atoms with E-state index in [4.69, 9.17) is 23.2 Å². The number of rotatable bonds is 3. The minimum Gasteiger partial charge on any atom is -0.506 e. The summed E-state index contributed by atoms with van der Waals surface area (Å²) < 4.78 is 1.78. The Morgan fingerprint density at radius 1 is 1.08 bits per heavy atom. The van der Waals surface area contributed by atoms with Gasteiger partial charge in [-0.05, 0) is 24.3 Å². The van der Waals surface area contributed by atoms with Crippen molar-refractivity contribution in [1.29, 1.82) is 0 Å². The normalized spacial score (nSPS) is 11.6.